The maximum Gasteiger partial charge on any atom is 0.233 e. The minimum atomic E-state index is -0.315. The number of methoxy groups -OCH3 is 1. The maximum absolute atomic E-state index is 13.8. The number of amides is 1. The first-order valence-corrected chi connectivity index (χ1v) is 9.64. The highest BCUT2D eigenvalue weighted by molar-refractivity contribution is 7.99. The number of aryl methyl sites for hydroxylation is 1. The summed E-state index contributed by atoms with van der Waals surface area (Å²) in [6, 6.07) is 14.0. The lowest BCUT2D eigenvalue weighted by Crippen LogP contribution is -2.28. The molecule has 0 bridgehead atoms. The number of aromatic nitrogens is 3. The fourth-order valence-corrected chi connectivity index (χ4v) is 3.61. The Labute approximate surface area is 167 Å². The van der Waals surface area contributed by atoms with Crippen LogP contribution in [0.5, 0.6) is 5.75 Å². The number of hydrogen-bond acceptors (Lipinski definition) is 5. The number of hydrogen-bond donors (Lipinski definition) is 0. The van der Waals surface area contributed by atoms with E-state index in [1.807, 2.05) is 35.8 Å². The quantitative estimate of drug-likeness (QED) is 0.569. The van der Waals surface area contributed by atoms with Gasteiger partial charge in [0.05, 0.1) is 12.9 Å². The summed E-state index contributed by atoms with van der Waals surface area (Å²) < 4.78 is 20.9. The molecule has 0 radical (unpaired) electrons. The largest absolute Gasteiger partial charge is 0.497 e. The molecule has 8 heteroatoms. The summed E-state index contributed by atoms with van der Waals surface area (Å²) >= 11 is 1.30. The third kappa shape index (κ3) is 4.51. The number of thioether (sulfide) groups is 1. The second-order valence-electron chi connectivity index (χ2n) is 6.19. The van der Waals surface area contributed by atoms with Gasteiger partial charge in [0, 0.05) is 24.8 Å². The first-order chi connectivity index (χ1) is 13.5. The molecule has 0 aliphatic heterocycles. The van der Waals surface area contributed by atoms with Gasteiger partial charge in [0.1, 0.15) is 17.4 Å². The molecule has 0 unspecified atom stereocenters. The van der Waals surface area contributed by atoms with Crippen LogP contribution in [0.1, 0.15) is 11.4 Å². The Balaban J connectivity index is 1.67. The zero-order chi connectivity index (χ0) is 20.1. The summed E-state index contributed by atoms with van der Waals surface area (Å²) in [5.74, 6) is 1.23. The predicted molar refractivity (Wildman–Crippen MR) is 106 cm³/mol. The van der Waals surface area contributed by atoms with Crippen LogP contribution in [-0.2, 0) is 11.3 Å². The topological polar surface area (TPSA) is 60.2 Å². The molecule has 0 N–H and O–H groups in total. The number of rotatable bonds is 7. The van der Waals surface area contributed by atoms with Crippen molar-refractivity contribution in [3.63, 3.8) is 0 Å². The van der Waals surface area contributed by atoms with Crippen LogP contribution >= 0.6 is 11.8 Å². The Morgan fingerprint density at radius 3 is 2.57 bits per heavy atom. The minimum Gasteiger partial charge on any atom is -0.497 e. The Hall–Kier alpha value is -2.87. The van der Waals surface area contributed by atoms with E-state index in [0.29, 0.717) is 10.7 Å². The van der Waals surface area contributed by atoms with Crippen LogP contribution in [0.25, 0.3) is 5.69 Å². The molecule has 2 aromatic carbocycles. The summed E-state index contributed by atoms with van der Waals surface area (Å²) in [6.07, 6.45) is 0. The van der Waals surface area contributed by atoms with Gasteiger partial charge in [0.2, 0.25) is 5.91 Å². The molecular weight excluding hydrogens is 379 g/mol. The fraction of sp³-hybridized carbons (Fsp3) is 0.250. The van der Waals surface area contributed by atoms with Gasteiger partial charge in [-0.15, -0.1) is 10.2 Å². The van der Waals surface area contributed by atoms with E-state index in [2.05, 4.69) is 10.2 Å². The first-order valence-electron chi connectivity index (χ1n) is 8.66. The number of halogens is 1. The zero-order valence-electron chi connectivity index (χ0n) is 15.9. The van der Waals surface area contributed by atoms with Crippen LogP contribution in [0, 0.1) is 12.7 Å². The number of ether oxygens (including phenoxy) is 1. The van der Waals surface area contributed by atoms with Crippen molar-refractivity contribution in [1.82, 2.24) is 19.7 Å². The third-order valence-electron chi connectivity index (χ3n) is 4.24. The molecular formula is C20H21FN4O2S. The van der Waals surface area contributed by atoms with Gasteiger partial charge in [-0.05, 0) is 37.3 Å². The first kappa shape index (κ1) is 19.9. The second-order valence-corrected chi connectivity index (χ2v) is 7.14. The van der Waals surface area contributed by atoms with Gasteiger partial charge in [-0.2, -0.15) is 0 Å². The molecule has 1 heterocycles. The summed E-state index contributed by atoms with van der Waals surface area (Å²) in [4.78, 5) is 14.0. The Morgan fingerprint density at radius 1 is 1.18 bits per heavy atom. The fourth-order valence-electron chi connectivity index (χ4n) is 2.67. The highest BCUT2D eigenvalue weighted by Gasteiger charge is 2.16. The monoisotopic (exact) mass is 400 g/mol. The lowest BCUT2D eigenvalue weighted by atomic mass is 10.2. The lowest BCUT2D eigenvalue weighted by Gasteiger charge is -2.17. The highest BCUT2D eigenvalue weighted by atomic mass is 32.2. The molecule has 0 saturated heterocycles. The van der Waals surface area contributed by atoms with Gasteiger partial charge in [-0.3, -0.25) is 9.36 Å². The zero-order valence-corrected chi connectivity index (χ0v) is 16.7. The van der Waals surface area contributed by atoms with Gasteiger partial charge >= 0.3 is 0 Å². The standard InChI is InChI=1S/C20H21FN4O2S/c1-14-22-23-20(25(14)16-8-10-17(27-3)11-9-16)28-13-19(26)24(2)12-15-6-4-5-7-18(15)21/h4-11H,12-13H2,1-3H3. The molecule has 3 aromatic rings. The van der Waals surface area contributed by atoms with E-state index in [1.165, 1.54) is 22.7 Å². The number of carbonyl (C=O) groups excluding carboxylic acids is 1. The van der Waals surface area contributed by atoms with Crippen molar-refractivity contribution in [3.8, 4) is 11.4 Å². The Kier molecular flexibility index (Phi) is 6.30. The molecule has 146 valence electrons. The van der Waals surface area contributed by atoms with E-state index >= 15 is 0 Å². The van der Waals surface area contributed by atoms with Crippen LogP contribution in [0.4, 0.5) is 4.39 Å². The molecule has 0 spiro atoms. The van der Waals surface area contributed by atoms with Crippen LogP contribution in [0.15, 0.2) is 53.7 Å². The summed E-state index contributed by atoms with van der Waals surface area (Å²) in [7, 11) is 3.28. The van der Waals surface area contributed by atoms with Crippen molar-refractivity contribution < 1.29 is 13.9 Å². The van der Waals surface area contributed by atoms with E-state index in [9.17, 15) is 9.18 Å². The highest BCUT2D eigenvalue weighted by Crippen LogP contribution is 2.24. The van der Waals surface area contributed by atoms with Crippen molar-refractivity contribution in [2.75, 3.05) is 19.9 Å². The van der Waals surface area contributed by atoms with Crippen molar-refractivity contribution >= 4 is 17.7 Å². The van der Waals surface area contributed by atoms with Gasteiger partial charge in [0.25, 0.3) is 0 Å². The number of carbonyl (C=O) groups is 1. The molecule has 0 fully saturated rings. The van der Waals surface area contributed by atoms with Crippen LogP contribution in [-0.4, -0.2) is 45.5 Å². The van der Waals surface area contributed by atoms with Crippen molar-refractivity contribution in [2.24, 2.45) is 0 Å². The van der Waals surface area contributed by atoms with Crippen LogP contribution < -0.4 is 4.74 Å². The van der Waals surface area contributed by atoms with E-state index < -0.39 is 0 Å². The molecule has 0 aliphatic carbocycles. The average Bonchev–Trinajstić information content (AvgIpc) is 3.08. The van der Waals surface area contributed by atoms with Gasteiger partial charge in [0.15, 0.2) is 5.16 Å². The van der Waals surface area contributed by atoms with E-state index in [4.69, 9.17) is 4.74 Å². The van der Waals surface area contributed by atoms with Crippen LogP contribution in [0.3, 0.4) is 0 Å². The number of benzene rings is 2. The van der Waals surface area contributed by atoms with Gasteiger partial charge in [-0.25, -0.2) is 4.39 Å². The van der Waals surface area contributed by atoms with Gasteiger partial charge in [-0.1, -0.05) is 30.0 Å². The second kappa shape index (κ2) is 8.88. The van der Waals surface area contributed by atoms with Crippen LogP contribution in [0.2, 0.25) is 0 Å². The molecule has 3 rings (SSSR count). The lowest BCUT2D eigenvalue weighted by molar-refractivity contribution is -0.127. The molecule has 28 heavy (non-hydrogen) atoms. The molecule has 0 aliphatic rings. The molecule has 6 nitrogen and oxygen atoms in total. The summed E-state index contributed by atoms with van der Waals surface area (Å²) in [6.45, 7) is 2.07. The maximum atomic E-state index is 13.8. The van der Waals surface area contributed by atoms with E-state index in [-0.39, 0.29) is 24.0 Å². The molecule has 0 atom stereocenters. The van der Waals surface area contributed by atoms with E-state index in [1.54, 1.807) is 32.4 Å². The molecule has 1 amide bonds. The molecule has 0 saturated carbocycles. The Morgan fingerprint density at radius 2 is 1.89 bits per heavy atom. The smallest absolute Gasteiger partial charge is 0.233 e. The summed E-state index contributed by atoms with van der Waals surface area (Å²) in [5.41, 5.74) is 1.37. The number of nitrogens with zero attached hydrogens (tertiary/aromatic N) is 4. The average molecular weight is 400 g/mol. The van der Waals surface area contributed by atoms with Crippen molar-refractivity contribution in [1.29, 1.82) is 0 Å². The minimum absolute atomic E-state index is 0.116. The Bertz CT molecular complexity index is 959. The van der Waals surface area contributed by atoms with Crippen molar-refractivity contribution in [2.45, 2.75) is 18.6 Å². The normalized spacial score (nSPS) is 10.7. The van der Waals surface area contributed by atoms with E-state index in [0.717, 1.165) is 17.3 Å². The summed E-state index contributed by atoms with van der Waals surface area (Å²) in [5, 5.41) is 8.92. The van der Waals surface area contributed by atoms with Crippen molar-refractivity contribution in [3.05, 3.63) is 65.7 Å². The third-order valence-corrected chi connectivity index (χ3v) is 5.16. The predicted octanol–water partition coefficient (Wildman–Crippen LogP) is 3.47. The SMILES string of the molecule is COc1ccc(-n2c(C)nnc2SCC(=O)N(C)Cc2ccccc2F)cc1. The molecule has 1 aromatic heterocycles. The van der Waals surface area contributed by atoms with Gasteiger partial charge < -0.3 is 9.64 Å².